The lowest BCUT2D eigenvalue weighted by molar-refractivity contribution is -0.112. The molecule has 0 bridgehead atoms. The summed E-state index contributed by atoms with van der Waals surface area (Å²) in [5.74, 6) is -0.888. The summed E-state index contributed by atoms with van der Waals surface area (Å²) >= 11 is 0. The van der Waals surface area contributed by atoms with Crippen LogP contribution in [0.25, 0.3) is 0 Å². The average molecular weight is 216 g/mol. The van der Waals surface area contributed by atoms with Gasteiger partial charge in [-0.25, -0.2) is 0 Å². The summed E-state index contributed by atoms with van der Waals surface area (Å²) in [6.07, 6.45) is 0. The Bertz CT molecular complexity index is 480. The van der Waals surface area contributed by atoms with Crippen LogP contribution in [0.2, 0.25) is 0 Å². The van der Waals surface area contributed by atoms with Crippen LogP contribution in [0.5, 0.6) is 0 Å². The number of rotatable bonds is 2. The Morgan fingerprint density at radius 2 is 2.19 bits per heavy atom. The monoisotopic (exact) mass is 216 g/mol. The van der Waals surface area contributed by atoms with Crippen LogP contribution in [0.1, 0.15) is 12.5 Å². The van der Waals surface area contributed by atoms with Crippen molar-refractivity contribution in [1.82, 2.24) is 0 Å². The molecule has 0 unspecified atom stereocenters. The number of benzene rings is 1. The first-order valence-corrected chi connectivity index (χ1v) is 4.72. The van der Waals surface area contributed by atoms with Crippen molar-refractivity contribution >= 4 is 11.6 Å². The minimum Gasteiger partial charge on any atom is -0.511 e. The summed E-state index contributed by atoms with van der Waals surface area (Å²) < 4.78 is 0. The summed E-state index contributed by atoms with van der Waals surface area (Å²) in [6.45, 7) is 3.20. The molecule has 0 saturated heterocycles. The third kappa shape index (κ3) is 2.85. The zero-order valence-electron chi connectivity index (χ0n) is 9.11. The highest BCUT2D eigenvalue weighted by atomic mass is 16.3. The van der Waals surface area contributed by atoms with Crippen molar-refractivity contribution in [3.05, 3.63) is 41.2 Å². The molecule has 1 aromatic rings. The maximum Gasteiger partial charge on any atom is 0.269 e. The molecule has 0 radical (unpaired) electrons. The van der Waals surface area contributed by atoms with Crippen LogP contribution in [0.15, 0.2) is 35.6 Å². The molecule has 1 aromatic carbocycles. The number of aliphatic hydroxyl groups excluding tert-OH is 1. The van der Waals surface area contributed by atoms with Gasteiger partial charge in [-0.15, -0.1) is 0 Å². The normalized spacial score (nSPS) is 11.3. The van der Waals surface area contributed by atoms with Crippen LogP contribution >= 0.6 is 0 Å². The van der Waals surface area contributed by atoms with Gasteiger partial charge in [0.15, 0.2) is 5.57 Å². The van der Waals surface area contributed by atoms with E-state index in [2.05, 4.69) is 5.32 Å². The minimum absolute atomic E-state index is 0.276. The molecule has 0 aromatic heterocycles. The number of hydrogen-bond acceptors (Lipinski definition) is 3. The molecule has 0 aliphatic rings. The molecule has 0 atom stereocenters. The number of allylic oxidation sites excluding steroid dienone is 1. The van der Waals surface area contributed by atoms with E-state index in [9.17, 15) is 4.79 Å². The van der Waals surface area contributed by atoms with E-state index in [4.69, 9.17) is 10.4 Å². The Hall–Kier alpha value is -2.28. The van der Waals surface area contributed by atoms with Gasteiger partial charge in [-0.1, -0.05) is 12.1 Å². The van der Waals surface area contributed by atoms with Gasteiger partial charge in [0.1, 0.15) is 11.8 Å². The van der Waals surface area contributed by atoms with E-state index in [1.807, 2.05) is 13.0 Å². The Morgan fingerprint density at radius 3 is 2.69 bits per heavy atom. The van der Waals surface area contributed by atoms with Gasteiger partial charge < -0.3 is 10.4 Å². The number of nitrogens with zero attached hydrogens (tertiary/aromatic N) is 1. The van der Waals surface area contributed by atoms with Gasteiger partial charge in [-0.2, -0.15) is 5.26 Å². The second-order valence-corrected chi connectivity index (χ2v) is 3.40. The highest BCUT2D eigenvalue weighted by molar-refractivity contribution is 6.06. The van der Waals surface area contributed by atoms with Gasteiger partial charge in [0, 0.05) is 5.69 Å². The molecule has 0 aliphatic heterocycles. The third-order valence-corrected chi connectivity index (χ3v) is 1.98. The van der Waals surface area contributed by atoms with Crippen LogP contribution in [-0.4, -0.2) is 11.0 Å². The largest absolute Gasteiger partial charge is 0.511 e. The molecular weight excluding hydrogens is 204 g/mol. The lowest BCUT2D eigenvalue weighted by atomic mass is 10.2. The summed E-state index contributed by atoms with van der Waals surface area (Å²) in [6, 6.07) is 8.84. The maximum absolute atomic E-state index is 11.5. The predicted octanol–water partition coefficient (Wildman–Crippen LogP) is 2.29. The van der Waals surface area contributed by atoms with E-state index in [0.717, 1.165) is 5.56 Å². The van der Waals surface area contributed by atoms with E-state index in [-0.39, 0.29) is 11.3 Å². The highest BCUT2D eigenvalue weighted by Crippen LogP contribution is 2.11. The SMILES string of the molecule is CC(O)=C(C#N)C(=O)Nc1cccc(C)c1. The van der Waals surface area contributed by atoms with Crippen LogP contribution in [0.3, 0.4) is 0 Å². The number of nitrogens with one attached hydrogen (secondary N) is 1. The number of amides is 1. The van der Waals surface area contributed by atoms with Gasteiger partial charge >= 0.3 is 0 Å². The van der Waals surface area contributed by atoms with Gasteiger partial charge in [-0.3, -0.25) is 4.79 Å². The van der Waals surface area contributed by atoms with Crippen LogP contribution in [0, 0.1) is 18.3 Å². The number of anilines is 1. The van der Waals surface area contributed by atoms with Crippen molar-refractivity contribution in [3.63, 3.8) is 0 Å². The molecule has 0 saturated carbocycles. The average Bonchev–Trinajstić information content (AvgIpc) is 2.17. The zero-order valence-corrected chi connectivity index (χ0v) is 9.11. The predicted molar refractivity (Wildman–Crippen MR) is 60.8 cm³/mol. The fourth-order valence-electron chi connectivity index (χ4n) is 1.21. The zero-order chi connectivity index (χ0) is 12.1. The number of hydrogen-bond donors (Lipinski definition) is 2. The Labute approximate surface area is 93.8 Å². The molecule has 2 N–H and O–H groups in total. The Morgan fingerprint density at radius 1 is 1.50 bits per heavy atom. The number of carbonyl (C=O) groups is 1. The van der Waals surface area contributed by atoms with Crippen LogP contribution in [-0.2, 0) is 4.79 Å². The van der Waals surface area contributed by atoms with Gasteiger partial charge in [0.25, 0.3) is 5.91 Å². The lowest BCUT2D eigenvalue weighted by Gasteiger charge is -2.05. The van der Waals surface area contributed by atoms with E-state index in [1.54, 1.807) is 24.3 Å². The van der Waals surface area contributed by atoms with Crippen molar-refractivity contribution in [3.8, 4) is 6.07 Å². The van der Waals surface area contributed by atoms with Gasteiger partial charge in [-0.05, 0) is 31.5 Å². The lowest BCUT2D eigenvalue weighted by Crippen LogP contribution is -2.14. The van der Waals surface area contributed by atoms with Gasteiger partial charge in [0.2, 0.25) is 0 Å². The molecule has 0 heterocycles. The molecule has 4 heteroatoms. The van der Waals surface area contributed by atoms with Gasteiger partial charge in [0.05, 0.1) is 0 Å². The second kappa shape index (κ2) is 4.99. The molecule has 82 valence electrons. The number of aliphatic hydroxyl groups is 1. The summed E-state index contributed by atoms with van der Waals surface area (Å²) in [7, 11) is 0. The third-order valence-electron chi connectivity index (χ3n) is 1.98. The maximum atomic E-state index is 11.5. The Kier molecular flexibility index (Phi) is 3.67. The van der Waals surface area contributed by atoms with Crippen molar-refractivity contribution in [2.75, 3.05) is 5.32 Å². The highest BCUT2D eigenvalue weighted by Gasteiger charge is 2.12. The molecule has 1 rings (SSSR count). The molecule has 0 aliphatic carbocycles. The molecule has 4 nitrogen and oxygen atoms in total. The first-order valence-electron chi connectivity index (χ1n) is 4.72. The van der Waals surface area contributed by atoms with E-state index < -0.39 is 5.91 Å². The summed E-state index contributed by atoms with van der Waals surface area (Å²) in [5, 5.41) is 20.3. The first-order chi connectivity index (χ1) is 7.54. The van der Waals surface area contributed by atoms with E-state index in [0.29, 0.717) is 5.69 Å². The molecular formula is C12H12N2O2. The fourth-order valence-corrected chi connectivity index (χ4v) is 1.21. The molecule has 1 amide bonds. The van der Waals surface area contributed by atoms with Crippen LogP contribution in [0.4, 0.5) is 5.69 Å². The smallest absolute Gasteiger partial charge is 0.269 e. The number of aryl methyl sites for hydroxylation is 1. The standard InChI is InChI=1S/C12H12N2O2/c1-8-4-3-5-10(6-8)14-12(16)11(7-13)9(2)15/h3-6,15H,1-2H3,(H,14,16). The fraction of sp³-hybridized carbons (Fsp3) is 0.167. The quantitative estimate of drug-likeness (QED) is 0.452. The van der Waals surface area contributed by atoms with Crippen molar-refractivity contribution in [2.45, 2.75) is 13.8 Å². The topological polar surface area (TPSA) is 73.1 Å². The summed E-state index contributed by atoms with van der Waals surface area (Å²) in [4.78, 5) is 11.5. The van der Waals surface area contributed by atoms with Crippen molar-refractivity contribution in [2.24, 2.45) is 0 Å². The molecule has 0 fully saturated rings. The molecule has 16 heavy (non-hydrogen) atoms. The van der Waals surface area contributed by atoms with E-state index in [1.165, 1.54) is 6.92 Å². The molecule has 0 spiro atoms. The number of carbonyl (C=O) groups excluding carboxylic acids is 1. The van der Waals surface area contributed by atoms with Crippen molar-refractivity contribution < 1.29 is 9.90 Å². The minimum atomic E-state index is -0.604. The van der Waals surface area contributed by atoms with Crippen LogP contribution < -0.4 is 5.32 Å². The van der Waals surface area contributed by atoms with E-state index >= 15 is 0 Å². The second-order valence-electron chi connectivity index (χ2n) is 3.40. The summed E-state index contributed by atoms with van der Waals surface area (Å²) in [5.41, 5.74) is 1.32. The first kappa shape index (κ1) is 11.8. The number of nitriles is 1. The Balaban J connectivity index is 2.88. The van der Waals surface area contributed by atoms with Crippen molar-refractivity contribution in [1.29, 1.82) is 5.26 Å².